The van der Waals surface area contributed by atoms with Crippen LogP contribution in [0.1, 0.15) is 33.9 Å². The zero-order chi connectivity index (χ0) is 19.7. The molecule has 1 aliphatic rings. The lowest BCUT2D eigenvalue weighted by molar-refractivity contribution is 0.0600. The average molecular weight is 393 g/mol. The molecule has 0 spiro atoms. The van der Waals surface area contributed by atoms with Crippen LogP contribution >= 0.6 is 12.2 Å². The number of nitrogens with zero attached hydrogens (tertiary/aromatic N) is 2. The predicted octanol–water partition coefficient (Wildman–Crippen LogP) is 3.73. The van der Waals surface area contributed by atoms with Crippen LogP contribution in [0.25, 0.3) is 11.3 Å². The first-order valence-corrected chi connectivity index (χ1v) is 9.22. The van der Waals surface area contributed by atoms with Gasteiger partial charge in [0.15, 0.2) is 5.11 Å². The Kier molecular flexibility index (Phi) is 4.83. The summed E-state index contributed by atoms with van der Waals surface area (Å²) in [5, 5.41) is 3.98. The number of carbonyl (C=O) groups is 1. The van der Waals surface area contributed by atoms with Gasteiger partial charge < -0.3 is 19.4 Å². The number of pyridine rings is 1. The van der Waals surface area contributed by atoms with Gasteiger partial charge in [0.2, 0.25) is 0 Å². The maximum Gasteiger partial charge on any atom is 0.337 e. The minimum absolute atomic E-state index is 0.0978. The van der Waals surface area contributed by atoms with Crippen molar-refractivity contribution in [3.63, 3.8) is 0 Å². The van der Waals surface area contributed by atoms with Gasteiger partial charge in [0.1, 0.15) is 17.6 Å². The fraction of sp³-hybridized carbons (Fsp3) is 0.190. The van der Waals surface area contributed by atoms with Crippen molar-refractivity contribution >= 4 is 23.3 Å². The summed E-state index contributed by atoms with van der Waals surface area (Å²) in [5.41, 5.74) is 2.28. The highest BCUT2D eigenvalue weighted by Gasteiger charge is 2.39. The molecule has 0 bridgehead atoms. The van der Waals surface area contributed by atoms with Gasteiger partial charge in [-0.1, -0.05) is 18.2 Å². The molecule has 0 unspecified atom stereocenters. The third-order valence-corrected chi connectivity index (χ3v) is 5.25. The molecule has 6 nitrogen and oxygen atoms in total. The van der Waals surface area contributed by atoms with Gasteiger partial charge in [-0.3, -0.25) is 4.98 Å². The molecule has 1 aliphatic heterocycles. The molecule has 1 aromatic carbocycles. The summed E-state index contributed by atoms with van der Waals surface area (Å²) >= 11 is 5.45. The Morgan fingerprint density at radius 3 is 2.64 bits per heavy atom. The van der Waals surface area contributed by atoms with Crippen molar-refractivity contribution < 1.29 is 13.9 Å². The number of thiocarbonyl (C=S) groups is 1. The largest absolute Gasteiger partial charge is 0.465 e. The van der Waals surface area contributed by atoms with E-state index in [1.165, 1.54) is 7.11 Å². The summed E-state index contributed by atoms with van der Waals surface area (Å²) in [5.74, 6) is 1.15. The molecule has 2 atom stereocenters. The predicted molar refractivity (Wildman–Crippen MR) is 109 cm³/mol. The van der Waals surface area contributed by atoms with Crippen LogP contribution in [0, 0.1) is 0 Å². The standard InChI is InChI=1S/C21H19N3O3S/c1-24-19(18(23-21(24)28)15-5-3-4-12-22-15)17-11-10-16(27-17)13-6-8-14(9-7-13)20(25)26-2/h3-12,18-19H,1-2H3,(H,23,28)/t18-,19-/m0/s1. The molecule has 1 N–H and O–H groups in total. The van der Waals surface area contributed by atoms with Crippen LogP contribution in [0.2, 0.25) is 0 Å². The van der Waals surface area contributed by atoms with Crippen molar-refractivity contribution in [3.05, 3.63) is 77.8 Å². The maximum atomic E-state index is 11.6. The molecule has 3 heterocycles. The van der Waals surface area contributed by atoms with Crippen LogP contribution in [-0.4, -0.2) is 35.1 Å². The van der Waals surface area contributed by atoms with Gasteiger partial charge in [0.05, 0.1) is 24.4 Å². The minimum Gasteiger partial charge on any atom is -0.465 e. The monoisotopic (exact) mass is 393 g/mol. The van der Waals surface area contributed by atoms with Crippen LogP contribution < -0.4 is 5.32 Å². The number of hydrogen-bond donors (Lipinski definition) is 1. The first-order chi connectivity index (χ1) is 13.6. The number of esters is 1. The minimum atomic E-state index is -0.364. The van der Waals surface area contributed by atoms with Gasteiger partial charge in [-0.2, -0.15) is 0 Å². The van der Waals surface area contributed by atoms with E-state index in [0.717, 1.165) is 22.8 Å². The molecule has 7 heteroatoms. The van der Waals surface area contributed by atoms with E-state index in [-0.39, 0.29) is 18.1 Å². The van der Waals surface area contributed by atoms with E-state index < -0.39 is 0 Å². The molecular formula is C21H19N3O3S. The molecule has 1 saturated heterocycles. The lowest BCUT2D eigenvalue weighted by Crippen LogP contribution is -2.24. The van der Waals surface area contributed by atoms with E-state index in [1.807, 2.05) is 54.4 Å². The molecule has 3 aromatic rings. The zero-order valence-electron chi connectivity index (χ0n) is 15.5. The second-order valence-electron chi connectivity index (χ2n) is 6.51. The van der Waals surface area contributed by atoms with E-state index >= 15 is 0 Å². The Balaban J connectivity index is 1.64. The number of hydrogen-bond acceptors (Lipinski definition) is 5. The summed E-state index contributed by atoms with van der Waals surface area (Å²) in [7, 11) is 3.31. The number of carbonyl (C=O) groups excluding carboxylic acids is 1. The van der Waals surface area contributed by atoms with Gasteiger partial charge in [-0.15, -0.1) is 0 Å². The molecule has 0 amide bonds. The van der Waals surface area contributed by atoms with E-state index in [0.29, 0.717) is 10.7 Å². The van der Waals surface area contributed by atoms with Crippen molar-refractivity contribution in [3.8, 4) is 11.3 Å². The lowest BCUT2D eigenvalue weighted by atomic mass is 10.0. The number of nitrogens with one attached hydrogen (secondary N) is 1. The second kappa shape index (κ2) is 7.44. The molecule has 1 fully saturated rings. The number of rotatable bonds is 4. The van der Waals surface area contributed by atoms with Crippen molar-refractivity contribution in [1.29, 1.82) is 0 Å². The normalized spacial score (nSPS) is 18.8. The fourth-order valence-electron chi connectivity index (χ4n) is 3.37. The summed E-state index contributed by atoms with van der Waals surface area (Å²) < 4.78 is 10.9. The molecule has 142 valence electrons. The number of likely N-dealkylation sites (N-methyl/N-ethyl adjacent to an activating group) is 1. The quantitative estimate of drug-likeness (QED) is 0.535. The van der Waals surface area contributed by atoms with E-state index in [9.17, 15) is 4.79 Å². The van der Waals surface area contributed by atoms with Crippen molar-refractivity contribution in [1.82, 2.24) is 15.2 Å². The fourth-order valence-corrected chi connectivity index (χ4v) is 3.61. The Morgan fingerprint density at radius 2 is 1.96 bits per heavy atom. The van der Waals surface area contributed by atoms with Gasteiger partial charge in [-0.05, 0) is 48.6 Å². The molecule has 0 saturated carbocycles. The van der Waals surface area contributed by atoms with E-state index in [2.05, 4.69) is 10.3 Å². The Morgan fingerprint density at radius 1 is 1.18 bits per heavy atom. The molecule has 28 heavy (non-hydrogen) atoms. The van der Waals surface area contributed by atoms with Crippen LogP contribution in [0.4, 0.5) is 0 Å². The van der Waals surface area contributed by atoms with Gasteiger partial charge in [-0.25, -0.2) is 4.79 Å². The third kappa shape index (κ3) is 3.25. The number of methoxy groups -OCH3 is 1. The Hall–Kier alpha value is -3.19. The van der Waals surface area contributed by atoms with Crippen LogP contribution in [0.3, 0.4) is 0 Å². The van der Waals surface area contributed by atoms with Crippen LogP contribution in [0.5, 0.6) is 0 Å². The molecule has 2 aromatic heterocycles. The van der Waals surface area contributed by atoms with Gasteiger partial charge >= 0.3 is 5.97 Å². The Labute approximate surface area is 168 Å². The Bertz CT molecular complexity index is 1000. The SMILES string of the molecule is COC(=O)c1ccc(-c2ccc([C@H]3[C@H](c4ccccn4)NC(=S)N3C)o2)cc1. The molecule has 0 aliphatic carbocycles. The maximum absolute atomic E-state index is 11.6. The van der Waals surface area contributed by atoms with Crippen LogP contribution in [-0.2, 0) is 4.74 Å². The summed E-state index contributed by atoms with van der Waals surface area (Å²) in [6.45, 7) is 0. The van der Waals surface area contributed by atoms with Crippen LogP contribution in [0.15, 0.2) is 65.2 Å². The smallest absolute Gasteiger partial charge is 0.337 e. The molecule has 4 rings (SSSR count). The lowest BCUT2D eigenvalue weighted by Gasteiger charge is -2.21. The number of furan rings is 1. The average Bonchev–Trinajstić information content (AvgIpc) is 3.33. The highest BCUT2D eigenvalue weighted by Crippen LogP contribution is 2.39. The second-order valence-corrected chi connectivity index (χ2v) is 6.90. The van der Waals surface area contributed by atoms with Gasteiger partial charge in [0, 0.05) is 18.8 Å². The van der Waals surface area contributed by atoms with E-state index in [4.69, 9.17) is 21.4 Å². The number of aromatic nitrogens is 1. The van der Waals surface area contributed by atoms with Crippen molar-refractivity contribution in [2.45, 2.75) is 12.1 Å². The summed E-state index contributed by atoms with van der Waals surface area (Å²) in [4.78, 5) is 18.1. The van der Waals surface area contributed by atoms with E-state index in [1.54, 1.807) is 18.3 Å². The summed E-state index contributed by atoms with van der Waals surface area (Å²) in [6.07, 6.45) is 1.77. The van der Waals surface area contributed by atoms with Gasteiger partial charge in [0.25, 0.3) is 0 Å². The first kappa shape index (κ1) is 18.2. The number of ether oxygens (including phenoxy) is 1. The van der Waals surface area contributed by atoms with Crippen molar-refractivity contribution in [2.24, 2.45) is 0 Å². The molecule has 0 radical (unpaired) electrons. The third-order valence-electron chi connectivity index (χ3n) is 4.85. The summed E-state index contributed by atoms with van der Waals surface area (Å²) in [6, 6.07) is 16.6. The highest BCUT2D eigenvalue weighted by atomic mass is 32.1. The van der Waals surface area contributed by atoms with Crippen molar-refractivity contribution in [2.75, 3.05) is 14.2 Å². The highest BCUT2D eigenvalue weighted by molar-refractivity contribution is 7.80. The zero-order valence-corrected chi connectivity index (χ0v) is 16.3. The topological polar surface area (TPSA) is 67.6 Å². The molecular weight excluding hydrogens is 374 g/mol. The first-order valence-electron chi connectivity index (χ1n) is 8.81. The number of benzene rings is 1.